The zero-order valence-electron chi connectivity index (χ0n) is 19.0. The second kappa shape index (κ2) is 7.99. The molecule has 5 heteroatoms. The zero-order chi connectivity index (χ0) is 20.8. The molecule has 5 nitrogen and oxygen atoms in total. The van der Waals surface area contributed by atoms with Gasteiger partial charge in [-0.05, 0) is 55.9 Å². The van der Waals surface area contributed by atoms with Crippen molar-refractivity contribution in [3.8, 4) is 0 Å². The van der Waals surface area contributed by atoms with Crippen molar-refractivity contribution in [1.29, 1.82) is 0 Å². The van der Waals surface area contributed by atoms with Crippen LogP contribution in [0.15, 0.2) is 12.1 Å². The lowest BCUT2D eigenvalue weighted by Gasteiger charge is -2.36. The Morgan fingerprint density at radius 1 is 1.14 bits per heavy atom. The summed E-state index contributed by atoms with van der Waals surface area (Å²) in [5.41, 5.74) is 4.74. The number of rotatable bonds is 3. The summed E-state index contributed by atoms with van der Waals surface area (Å²) in [4.78, 5) is 4.77. The van der Waals surface area contributed by atoms with Crippen molar-refractivity contribution in [2.45, 2.75) is 85.3 Å². The molecule has 3 heterocycles. The van der Waals surface area contributed by atoms with Crippen LogP contribution in [-0.4, -0.2) is 33.8 Å². The Balaban J connectivity index is 1.55. The normalized spacial score (nSPS) is 28.9. The number of fused-ring (bicyclic) bond motifs is 1. The zero-order valence-corrected chi connectivity index (χ0v) is 19.0. The molecule has 1 N–H and O–H groups in total. The number of aryl methyl sites for hydroxylation is 1. The summed E-state index contributed by atoms with van der Waals surface area (Å²) in [6.07, 6.45) is 5.09. The second-order valence-corrected chi connectivity index (χ2v) is 10.7. The minimum Gasteiger partial charge on any atom is -0.369 e. The van der Waals surface area contributed by atoms with Gasteiger partial charge < -0.3 is 10.1 Å². The summed E-state index contributed by atoms with van der Waals surface area (Å²) in [6, 6.07) is 4.78. The Hall–Kier alpha value is -1.46. The topological polar surface area (TPSA) is 51.5 Å². The molecule has 2 aromatic heterocycles. The fourth-order valence-corrected chi connectivity index (χ4v) is 5.04. The summed E-state index contributed by atoms with van der Waals surface area (Å²) in [5, 5.41) is 8.69. The Morgan fingerprint density at radius 3 is 2.45 bits per heavy atom. The summed E-state index contributed by atoms with van der Waals surface area (Å²) in [5.74, 6) is 1.95. The van der Waals surface area contributed by atoms with Crippen molar-refractivity contribution in [3.63, 3.8) is 0 Å². The third-order valence-corrected chi connectivity index (χ3v) is 7.15. The van der Waals surface area contributed by atoms with Crippen molar-refractivity contribution in [3.05, 3.63) is 29.2 Å². The van der Waals surface area contributed by atoms with Gasteiger partial charge in [0.25, 0.3) is 0 Å². The standard InChI is InChI=1S/C24H38N4O/c1-15(2)20-14-29-22(13-25-20)21-11-16(3)26-23-12-19(27-28(21)23)17-7-9-18(10-8-17)24(4,5)6/h11-12,15,17-18,20,22,25H,7-10,13-14H2,1-6H3/t17?,18?,20-,22-/m1/s1. The van der Waals surface area contributed by atoms with Gasteiger partial charge >= 0.3 is 0 Å². The van der Waals surface area contributed by atoms with Crippen molar-refractivity contribution in [2.75, 3.05) is 13.2 Å². The Morgan fingerprint density at radius 2 is 1.86 bits per heavy atom. The number of hydrogen-bond acceptors (Lipinski definition) is 4. The van der Waals surface area contributed by atoms with Gasteiger partial charge in [-0.15, -0.1) is 0 Å². The predicted molar refractivity (Wildman–Crippen MR) is 117 cm³/mol. The molecule has 1 aliphatic carbocycles. The molecule has 0 spiro atoms. The molecule has 0 amide bonds. The van der Waals surface area contributed by atoms with Gasteiger partial charge in [-0.25, -0.2) is 9.50 Å². The lowest BCUT2D eigenvalue weighted by molar-refractivity contribution is -0.0105. The highest BCUT2D eigenvalue weighted by molar-refractivity contribution is 5.43. The molecular weight excluding hydrogens is 360 g/mol. The average molecular weight is 399 g/mol. The molecule has 29 heavy (non-hydrogen) atoms. The number of nitrogens with zero attached hydrogens (tertiary/aromatic N) is 3. The maximum atomic E-state index is 6.26. The van der Waals surface area contributed by atoms with Crippen LogP contribution < -0.4 is 5.32 Å². The summed E-state index contributed by atoms with van der Waals surface area (Å²) >= 11 is 0. The van der Waals surface area contributed by atoms with Crippen LogP contribution in [0.1, 0.15) is 89.4 Å². The third-order valence-electron chi connectivity index (χ3n) is 7.15. The molecule has 0 radical (unpaired) electrons. The van der Waals surface area contributed by atoms with Crippen LogP contribution in [-0.2, 0) is 4.74 Å². The highest BCUT2D eigenvalue weighted by Crippen LogP contribution is 2.43. The van der Waals surface area contributed by atoms with Crippen LogP contribution in [0.2, 0.25) is 0 Å². The molecule has 0 unspecified atom stereocenters. The van der Waals surface area contributed by atoms with Gasteiger partial charge in [-0.3, -0.25) is 0 Å². The summed E-state index contributed by atoms with van der Waals surface area (Å²) in [6.45, 7) is 15.3. The number of morpholine rings is 1. The van der Waals surface area contributed by atoms with Crippen LogP contribution >= 0.6 is 0 Å². The molecule has 1 aliphatic heterocycles. The monoisotopic (exact) mass is 398 g/mol. The van der Waals surface area contributed by atoms with E-state index in [1.165, 1.54) is 31.4 Å². The maximum Gasteiger partial charge on any atom is 0.155 e. The first-order chi connectivity index (χ1) is 13.7. The van der Waals surface area contributed by atoms with Crippen molar-refractivity contribution < 1.29 is 4.74 Å². The fourth-order valence-electron chi connectivity index (χ4n) is 5.04. The fraction of sp³-hybridized carbons (Fsp3) is 0.750. The number of ether oxygens (including phenoxy) is 1. The highest BCUT2D eigenvalue weighted by Gasteiger charge is 2.32. The van der Waals surface area contributed by atoms with Crippen molar-refractivity contribution in [2.24, 2.45) is 17.3 Å². The molecule has 2 fully saturated rings. The van der Waals surface area contributed by atoms with Crippen molar-refractivity contribution in [1.82, 2.24) is 19.9 Å². The van der Waals surface area contributed by atoms with Gasteiger partial charge in [0.2, 0.25) is 0 Å². The quantitative estimate of drug-likeness (QED) is 0.787. The minimum atomic E-state index is 0.0265. The van der Waals surface area contributed by atoms with Gasteiger partial charge in [-0.2, -0.15) is 5.10 Å². The van der Waals surface area contributed by atoms with E-state index in [0.717, 1.165) is 36.1 Å². The SMILES string of the molecule is Cc1cc([C@H]2CN[C@@H](C(C)C)CO2)n2nc(C3CCC(C(C)(C)C)CC3)cc2n1. The lowest BCUT2D eigenvalue weighted by atomic mass is 9.69. The van der Waals surface area contributed by atoms with Crippen LogP contribution in [0.25, 0.3) is 5.65 Å². The van der Waals surface area contributed by atoms with Crippen molar-refractivity contribution >= 4 is 5.65 Å². The van der Waals surface area contributed by atoms with E-state index in [1.807, 2.05) is 4.52 Å². The average Bonchev–Trinajstić information content (AvgIpc) is 3.10. The third kappa shape index (κ3) is 4.36. The Kier molecular flexibility index (Phi) is 5.73. The second-order valence-electron chi connectivity index (χ2n) is 10.7. The molecule has 4 rings (SSSR count). The van der Waals surface area contributed by atoms with Gasteiger partial charge in [0.1, 0.15) is 6.10 Å². The highest BCUT2D eigenvalue weighted by atomic mass is 16.5. The first-order valence-corrected chi connectivity index (χ1v) is 11.4. The van der Waals surface area contributed by atoms with E-state index in [2.05, 4.69) is 59.0 Å². The molecule has 2 aromatic rings. The van der Waals surface area contributed by atoms with E-state index in [4.69, 9.17) is 14.8 Å². The van der Waals surface area contributed by atoms with Gasteiger partial charge in [0.15, 0.2) is 5.65 Å². The molecule has 0 aromatic carbocycles. The summed E-state index contributed by atoms with van der Waals surface area (Å²) in [7, 11) is 0. The molecule has 0 bridgehead atoms. The van der Waals surface area contributed by atoms with E-state index in [0.29, 0.717) is 23.3 Å². The van der Waals surface area contributed by atoms with E-state index in [1.54, 1.807) is 0 Å². The Labute approximate surface area is 175 Å². The predicted octanol–water partition coefficient (Wildman–Crippen LogP) is 5.04. The largest absolute Gasteiger partial charge is 0.369 e. The van der Waals surface area contributed by atoms with E-state index < -0.39 is 0 Å². The smallest absolute Gasteiger partial charge is 0.155 e. The van der Waals surface area contributed by atoms with Gasteiger partial charge in [0.05, 0.1) is 18.0 Å². The van der Waals surface area contributed by atoms with Crippen LogP contribution in [0.4, 0.5) is 0 Å². The molecule has 2 aliphatic rings. The molecule has 160 valence electrons. The maximum absolute atomic E-state index is 6.26. The van der Waals surface area contributed by atoms with E-state index in [-0.39, 0.29) is 6.10 Å². The van der Waals surface area contributed by atoms with E-state index >= 15 is 0 Å². The minimum absolute atomic E-state index is 0.0265. The molecule has 2 atom stereocenters. The first-order valence-electron chi connectivity index (χ1n) is 11.4. The Bertz CT molecular complexity index is 834. The lowest BCUT2D eigenvalue weighted by Crippen LogP contribution is -2.46. The number of hydrogen-bond donors (Lipinski definition) is 1. The number of nitrogens with one attached hydrogen (secondary N) is 1. The van der Waals surface area contributed by atoms with Crippen LogP contribution in [0, 0.1) is 24.2 Å². The molecule has 1 saturated heterocycles. The molecular formula is C24H38N4O. The number of aromatic nitrogens is 3. The first kappa shape index (κ1) is 20.8. The van der Waals surface area contributed by atoms with Gasteiger partial charge in [0, 0.05) is 30.3 Å². The van der Waals surface area contributed by atoms with Crippen LogP contribution in [0.5, 0.6) is 0 Å². The van der Waals surface area contributed by atoms with E-state index in [9.17, 15) is 0 Å². The van der Waals surface area contributed by atoms with Crippen LogP contribution in [0.3, 0.4) is 0 Å². The van der Waals surface area contributed by atoms with Gasteiger partial charge in [-0.1, -0.05) is 34.6 Å². The molecule has 1 saturated carbocycles. The summed E-state index contributed by atoms with van der Waals surface area (Å²) < 4.78 is 8.30.